The van der Waals surface area contributed by atoms with Gasteiger partial charge < -0.3 is 10.3 Å². The van der Waals surface area contributed by atoms with E-state index in [4.69, 9.17) is 22.3 Å². The van der Waals surface area contributed by atoms with Gasteiger partial charge in [0.2, 0.25) is 0 Å². The molecule has 0 aliphatic heterocycles. The number of aryl methyl sites for hydroxylation is 2. The number of nitrogens with two attached hydrogens (primary N) is 1. The minimum atomic E-state index is 0.747. The first-order valence-corrected chi connectivity index (χ1v) is 7.82. The van der Waals surface area contributed by atoms with Crippen molar-refractivity contribution in [3.05, 3.63) is 34.9 Å². The molecule has 0 amide bonds. The first kappa shape index (κ1) is 13.5. The maximum Gasteiger partial charge on any atom is 0.151 e. The number of hydrogen-bond donors (Lipinski definition) is 1. The predicted molar refractivity (Wildman–Crippen MR) is 87.5 cm³/mol. The molecule has 0 unspecified atom stereocenters. The van der Waals surface area contributed by atoms with Gasteiger partial charge in [0.25, 0.3) is 0 Å². The molecule has 0 aliphatic carbocycles. The molecule has 0 saturated heterocycles. The highest BCUT2D eigenvalue weighted by atomic mass is 35.5. The van der Waals surface area contributed by atoms with Crippen molar-refractivity contribution in [2.24, 2.45) is 0 Å². The maximum atomic E-state index is 6.36. The van der Waals surface area contributed by atoms with Gasteiger partial charge in [0.05, 0.1) is 25.9 Å². The Balaban J connectivity index is 2.32. The van der Waals surface area contributed by atoms with E-state index in [1.807, 2.05) is 24.3 Å². The van der Waals surface area contributed by atoms with Crippen LogP contribution in [0.3, 0.4) is 0 Å². The summed E-state index contributed by atoms with van der Waals surface area (Å²) in [5.74, 6) is 0.967. The molecule has 0 fully saturated rings. The van der Waals surface area contributed by atoms with Crippen molar-refractivity contribution in [1.82, 2.24) is 9.55 Å². The molecule has 2 heterocycles. The molecular weight excluding hydrogens is 290 g/mol. The Morgan fingerprint density at radius 3 is 2.85 bits per heavy atom. The smallest absolute Gasteiger partial charge is 0.151 e. The second-order valence-electron chi connectivity index (χ2n) is 4.86. The van der Waals surface area contributed by atoms with Gasteiger partial charge >= 0.3 is 0 Å². The Morgan fingerprint density at radius 1 is 1.40 bits per heavy atom. The quantitative estimate of drug-likeness (QED) is 0.761. The van der Waals surface area contributed by atoms with Crippen LogP contribution in [-0.4, -0.2) is 9.55 Å². The van der Waals surface area contributed by atoms with Crippen molar-refractivity contribution < 1.29 is 0 Å². The summed E-state index contributed by atoms with van der Waals surface area (Å²) in [6.07, 6.45) is 1.03. The van der Waals surface area contributed by atoms with E-state index in [9.17, 15) is 0 Å². The molecule has 0 bridgehead atoms. The molecule has 20 heavy (non-hydrogen) atoms. The minimum absolute atomic E-state index is 0.747. The minimum Gasteiger partial charge on any atom is -0.391 e. The third kappa shape index (κ3) is 2.09. The molecule has 104 valence electrons. The summed E-state index contributed by atoms with van der Waals surface area (Å²) in [6, 6.07) is 7.85. The SMILES string of the molecule is CCCn1c(-c2sc(N)cc2C)nc2cccc(Cl)c21. The molecular formula is C15H16ClN3S. The number of fused-ring (bicyclic) bond motifs is 1. The Morgan fingerprint density at radius 2 is 2.20 bits per heavy atom. The summed E-state index contributed by atoms with van der Waals surface area (Å²) in [5.41, 5.74) is 9.03. The number of halogens is 1. The van der Waals surface area contributed by atoms with Crippen LogP contribution in [0.1, 0.15) is 18.9 Å². The molecule has 5 heteroatoms. The molecule has 3 nitrogen and oxygen atoms in total. The molecule has 3 rings (SSSR count). The summed E-state index contributed by atoms with van der Waals surface area (Å²) in [4.78, 5) is 5.90. The van der Waals surface area contributed by atoms with Crippen LogP contribution in [0.2, 0.25) is 5.02 Å². The van der Waals surface area contributed by atoms with Crippen LogP contribution in [0.4, 0.5) is 5.00 Å². The van der Waals surface area contributed by atoms with Crippen LogP contribution in [-0.2, 0) is 6.54 Å². The van der Waals surface area contributed by atoms with Crippen molar-refractivity contribution in [2.45, 2.75) is 26.8 Å². The van der Waals surface area contributed by atoms with Crippen LogP contribution in [0, 0.1) is 6.92 Å². The van der Waals surface area contributed by atoms with Crippen LogP contribution in [0.25, 0.3) is 21.7 Å². The predicted octanol–water partition coefficient (Wildman–Crippen LogP) is 4.72. The van der Waals surface area contributed by atoms with Crippen LogP contribution in [0.15, 0.2) is 24.3 Å². The lowest BCUT2D eigenvalue weighted by Gasteiger charge is -2.08. The summed E-state index contributed by atoms with van der Waals surface area (Å²) in [7, 11) is 0. The van der Waals surface area contributed by atoms with Gasteiger partial charge in [0.15, 0.2) is 5.82 Å². The molecule has 0 atom stereocenters. The number of thiophene rings is 1. The summed E-state index contributed by atoms with van der Waals surface area (Å²) in [5, 5.41) is 1.57. The first-order chi connectivity index (χ1) is 9.61. The normalized spacial score (nSPS) is 11.3. The highest BCUT2D eigenvalue weighted by Crippen LogP contribution is 2.36. The van der Waals surface area contributed by atoms with Gasteiger partial charge in [-0.15, -0.1) is 11.3 Å². The number of hydrogen-bond acceptors (Lipinski definition) is 3. The van der Waals surface area contributed by atoms with Gasteiger partial charge in [-0.3, -0.25) is 0 Å². The van der Waals surface area contributed by atoms with Gasteiger partial charge in [0.1, 0.15) is 0 Å². The Labute approximate surface area is 127 Å². The van der Waals surface area contributed by atoms with Crippen LogP contribution < -0.4 is 5.73 Å². The largest absolute Gasteiger partial charge is 0.391 e. The zero-order valence-corrected chi connectivity index (χ0v) is 13.1. The summed E-state index contributed by atoms with van der Waals surface area (Å²) >= 11 is 7.94. The van der Waals surface area contributed by atoms with E-state index in [2.05, 4.69) is 18.4 Å². The molecule has 2 aromatic heterocycles. The van der Waals surface area contributed by atoms with Gasteiger partial charge in [-0.05, 0) is 37.1 Å². The molecule has 2 N–H and O–H groups in total. The number of benzene rings is 1. The average molecular weight is 306 g/mol. The topological polar surface area (TPSA) is 43.8 Å². The molecule has 0 saturated carbocycles. The number of nitrogen functional groups attached to an aromatic ring is 1. The van der Waals surface area contributed by atoms with Gasteiger partial charge in [-0.2, -0.15) is 0 Å². The number of anilines is 1. The number of para-hydroxylation sites is 1. The van der Waals surface area contributed by atoms with Gasteiger partial charge in [0, 0.05) is 6.54 Å². The lowest BCUT2D eigenvalue weighted by atomic mass is 10.2. The summed E-state index contributed by atoms with van der Waals surface area (Å²) in [6.45, 7) is 5.12. The third-order valence-electron chi connectivity index (χ3n) is 3.30. The summed E-state index contributed by atoms with van der Waals surface area (Å²) < 4.78 is 2.20. The molecule has 3 aromatic rings. The van der Waals surface area contributed by atoms with E-state index < -0.39 is 0 Å². The van der Waals surface area contributed by atoms with Crippen molar-refractivity contribution in [1.29, 1.82) is 0 Å². The fraction of sp³-hybridized carbons (Fsp3) is 0.267. The fourth-order valence-corrected chi connectivity index (χ4v) is 3.70. The van der Waals surface area contributed by atoms with E-state index in [1.165, 1.54) is 0 Å². The number of imidazole rings is 1. The molecule has 1 aromatic carbocycles. The highest BCUT2D eigenvalue weighted by Gasteiger charge is 2.17. The monoisotopic (exact) mass is 305 g/mol. The second kappa shape index (κ2) is 5.11. The van der Waals surface area contributed by atoms with Crippen LogP contribution in [0.5, 0.6) is 0 Å². The van der Waals surface area contributed by atoms with Gasteiger partial charge in [-0.25, -0.2) is 4.98 Å². The molecule has 0 radical (unpaired) electrons. The Bertz CT molecular complexity index is 773. The zero-order chi connectivity index (χ0) is 14.3. The van der Waals surface area contributed by atoms with Crippen LogP contribution >= 0.6 is 22.9 Å². The van der Waals surface area contributed by atoms with E-state index >= 15 is 0 Å². The lowest BCUT2D eigenvalue weighted by Crippen LogP contribution is -1.99. The number of rotatable bonds is 3. The van der Waals surface area contributed by atoms with Crippen molar-refractivity contribution in [3.8, 4) is 10.7 Å². The highest BCUT2D eigenvalue weighted by molar-refractivity contribution is 7.19. The van der Waals surface area contributed by atoms with Crippen molar-refractivity contribution in [2.75, 3.05) is 5.73 Å². The second-order valence-corrected chi connectivity index (χ2v) is 6.35. The van der Waals surface area contributed by atoms with E-state index in [0.29, 0.717) is 0 Å². The standard InChI is InChI=1S/C15H16ClN3S/c1-3-7-19-13-10(16)5-4-6-11(13)18-15(19)14-9(2)8-12(17)20-14/h4-6,8H,3,7,17H2,1-2H3. The van der Waals surface area contributed by atoms with Gasteiger partial charge in [-0.1, -0.05) is 24.6 Å². The van der Waals surface area contributed by atoms with E-state index in [1.54, 1.807) is 11.3 Å². The Hall–Kier alpha value is -1.52. The number of nitrogens with zero attached hydrogens (tertiary/aromatic N) is 2. The van der Waals surface area contributed by atoms with Crippen molar-refractivity contribution in [3.63, 3.8) is 0 Å². The fourth-order valence-electron chi connectivity index (χ4n) is 2.49. The molecule has 0 spiro atoms. The molecule has 0 aliphatic rings. The maximum absolute atomic E-state index is 6.36. The van der Waals surface area contributed by atoms with E-state index in [-0.39, 0.29) is 0 Å². The Kier molecular flexibility index (Phi) is 3.44. The average Bonchev–Trinajstić information content (AvgIpc) is 2.91. The zero-order valence-electron chi connectivity index (χ0n) is 11.5. The third-order valence-corrected chi connectivity index (χ3v) is 4.67. The van der Waals surface area contributed by atoms with Crippen molar-refractivity contribution >= 4 is 39.0 Å². The number of aromatic nitrogens is 2. The van der Waals surface area contributed by atoms with E-state index in [0.717, 1.165) is 50.3 Å². The lowest BCUT2D eigenvalue weighted by molar-refractivity contribution is 0.705. The first-order valence-electron chi connectivity index (χ1n) is 6.63.